The molecule has 1 atom stereocenters. The SMILES string of the molecule is NS(=O)(=O)C(Cl)CCBr. The fourth-order valence-electron chi connectivity index (χ4n) is 0.250. The molecular weight excluding hydrogens is 229 g/mol. The van der Waals surface area contributed by atoms with E-state index in [1.807, 2.05) is 0 Å². The molecule has 0 aliphatic carbocycles. The summed E-state index contributed by atoms with van der Waals surface area (Å²) in [4.78, 5) is 0. The van der Waals surface area contributed by atoms with Crippen LogP contribution in [0.15, 0.2) is 0 Å². The summed E-state index contributed by atoms with van der Waals surface area (Å²) in [6.45, 7) is 0. The van der Waals surface area contributed by atoms with E-state index in [2.05, 4.69) is 21.1 Å². The molecule has 0 radical (unpaired) electrons. The van der Waals surface area contributed by atoms with Crippen molar-refractivity contribution in [2.45, 2.75) is 11.1 Å². The summed E-state index contributed by atoms with van der Waals surface area (Å²) in [5.74, 6) is 0. The molecule has 6 heteroatoms. The molecule has 0 heterocycles. The highest BCUT2D eigenvalue weighted by Crippen LogP contribution is 2.08. The van der Waals surface area contributed by atoms with Crippen LogP contribution in [0.3, 0.4) is 0 Å². The molecule has 0 fully saturated rings. The van der Waals surface area contributed by atoms with E-state index in [1.54, 1.807) is 0 Å². The first-order chi connectivity index (χ1) is 3.98. The Balaban J connectivity index is 3.90. The average Bonchev–Trinajstić information content (AvgIpc) is 1.64. The van der Waals surface area contributed by atoms with E-state index < -0.39 is 14.7 Å². The molecule has 56 valence electrons. The van der Waals surface area contributed by atoms with Crippen molar-refractivity contribution in [3.05, 3.63) is 0 Å². The van der Waals surface area contributed by atoms with E-state index in [9.17, 15) is 8.42 Å². The third-order valence-corrected chi connectivity index (χ3v) is 3.06. The lowest BCUT2D eigenvalue weighted by atomic mass is 10.6. The van der Waals surface area contributed by atoms with Gasteiger partial charge >= 0.3 is 0 Å². The predicted molar refractivity (Wildman–Crippen MR) is 41.2 cm³/mol. The summed E-state index contributed by atoms with van der Waals surface area (Å²) in [5, 5.41) is 5.22. The van der Waals surface area contributed by atoms with Crippen LogP contribution >= 0.6 is 27.5 Å². The molecule has 0 aromatic carbocycles. The zero-order chi connectivity index (χ0) is 7.49. The number of hydrogen-bond acceptors (Lipinski definition) is 2. The molecule has 0 amide bonds. The first-order valence-corrected chi connectivity index (χ1v) is 5.37. The molecule has 0 aromatic rings. The topological polar surface area (TPSA) is 60.2 Å². The lowest BCUT2D eigenvalue weighted by molar-refractivity contribution is 0.593. The lowest BCUT2D eigenvalue weighted by Gasteiger charge is -2.01. The molecule has 0 aliphatic heterocycles. The molecule has 9 heavy (non-hydrogen) atoms. The van der Waals surface area contributed by atoms with Crippen LogP contribution in [0.4, 0.5) is 0 Å². The summed E-state index contributed by atoms with van der Waals surface area (Å²) in [6.07, 6.45) is 0.334. The Hall–Kier alpha value is 0.680. The molecule has 2 N–H and O–H groups in total. The first kappa shape index (κ1) is 9.68. The Kier molecular flexibility index (Phi) is 4.04. The van der Waals surface area contributed by atoms with Gasteiger partial charge in [0.1, 0.15) is 4.71 Å². The quantitative estimate of drug-likeness (QED) is 0.731. The van der Waals surface area contributed by atoms with Crippen LogP contribution in [0.25, 0.3) is 0 Å². The van der Waals surface area contributed by atoms with E-state index >= 15 is 0 Å². The largest absolute Gasteiger partial charge is 0.227 e. The number of rotatable bonds is 3. The van der Waals surface area contributed by atoms with Crippen LogP contribution in [-0.4, -0.2) is 18.5 Å². The van der Waals surface area contributed by atoms with Crippen molar-refractivity contribution in [3.8, 4) is 0 Å². The number of alkyl halides is 2. The summed E-state index contributed by atoms with van der Waals surface area (Å²) in [5.41, 5.74) is 0. The van der Waals surface area contributed by atoms with Gasteiger partial charge in [0.15, 0.2) is 0 Å². The Labute approximate surface area is 67.7 Å². The number of primary sulfonamides is 1. The van der Waals surface area contributed by atoms with Crippen molar-refractivity contribution in [1.29, 1.82) is 0 Å². The van der Waals surface area contributed by atoms with Gasteiger partial charge in [-0.2, -0.15) is 0 Å². The number of hydrogen-bond donors (Lipinski definition) is 1. The van der Waals surface area contributed by atoms with E-state index in [0.29, 0.717) is 11.8 Å². The third-order valence-electron chi connectivity index (χ3n) is 0.693. The maximum atomic E-state index is 10.3. The molecule has 1 unspecified atom stereocenters. The van der Waals surface area contributed by atoms with Crippen molar-refractivity contribution < 1.29 is 8.42 Å². The summed E-state index contributed by atoms with van der Waals surface area (Å²) in [7, 11) is -3.53. The minimum absolute atomic E-state index is 0.334. The van der Waals surface area contributed by atoms with Crippen LogP contribution < -0.4 is 5.14 Å². The van der Waals surface area contributed by atoms with Gasteiger partial charge in [0, 0.05) is 5.33 Å². The zero-order valence-corrected chi connectivity index (χ0v) is 7.71. The fraction of sp³-hybridized carbons (Fsp3) is 1.00. The van der Waals surface area contributed by atoms with Gasteiger partial charge in [0.05, 0.1) is 0 Å². The highest BCUT2D eigenvalue weighted by molar-refractivity contribution is 9.09. The standard InChI is InChI=1S/C3H7BrClNO2S/c4-2-1-3(5)9(6,7)8/h3H,1-2H2,(H2,6,7,8). The van der Waals surface area contributed by atoms with E-state index in [1.165, 1.54) is 0 Å². The van der Waals surface area contributed by atoms with Gasteiger partial charge < -0.3 is 0 Å². The summed E-state index contributed by atoms with van der Waals surface area (Å²) >= 11 is 8.35. The zero-order valence-electron chi connectivity index (χ0n) is 4.55. The van der Waals surface area contributed by atoms with Gasteiger partial charge in [-0.05, 0) is 6.42 Å². The second-order valence-electron chi connectivity index (χ2n) is 1.48. The highest BCUT2D eigenvalue weighted by atomic mass is 79.9. The van der Waals surface area contributed by atoms with E-state index in [-0.39, 0.29) is 0 Å². The van der Waals surface area contributed by atoms with Gasteiger partial charge in [-0.3, -0.25) is 0 Å². The second-order valence-corrected chi connectivity index (χ2v) is 4.80. The van der Waals surface area contributed by atoms with Crippen LogP contribution in [-0.2, 0) is 10.0 Å². The monoisotopic (exact) mass is 235 g/mol. The molecule has 0 bridgehead atoms. The van der Waals surface area contributed by atoms with Crippen LogP contribution in [0, 0.1) is 0 Å². The van der Waals surface area contributed by atoms with Crippen molar-refractivity contribution in [1.82, 2.24) is 0 Å². The lowest BCUT2D eigenvalue weighted by Crippen LogP contribution is -2.23. The Morgan fingerprint density at radius 3 is 2.22 bits per heavy atom. The Bertz CT molecular complexity index is 169. The van der Waals surface area contributed by atoms with E-state index in [0.717, 1.165) is 0 Å². The van der Waals surface area contributed by atoms with Gasteiger partial charge in [-0.25, -0.2) is 13.6 Å². The molecule has 0 saturated heterocycles. The molecular formula is C3H7BrClNO2S. The molecule has 0 aromatic heterocycles. The van der Waals surface area contributed by atoms with Crippen molar-refractivity contribution in [2.75, 3.05) is 5.33 Å². The molecule has 3 nitrogen and oxygen atoms in total. The van der Waals surface area contributed by atoms with Crippen molar-refractivity contribution in [3.63, 3.8) is 0 Å². The maximum absolute atomic E-state index is 10.3. The van der Waals surface area contributed by atoms with Gasteiger partial charge in [-0.1, -0.05) is 15.9 Å². The Morgan fingerprint density at radius 2 is 2.11 bits per heavy atom. The number of nitrogens with two attached hydrogens (primary N) is 1. The second kappa shape index (κ2) is 3.75. The minimum Gasteiger partial charge on any atom is -0.227 e. The molecule has 0 rings (SSSR count). The van der Waals surface area contributed by atoms with Crippen LogP contribution in [0.2, 0.25) is 0 Å². The highest BCUT2D eigenvalue weighted by Gasteiger charge is 2.16. The number of sulfonamides is 1. The maximum Gasteiger partial charge on any atom is 0.226 e. The first-order valence-electron chi connectivity index (χ1n) is 2.20. The van der Waals surface area contributed by atoms with Crippen molar-refractivity contribution in [2.24, 2.45) is 5.14 Å². The fourth-order valence-corrected chi connectivity index (χ4v) is 1.83. The van der Waals surface area contributed by atoms with Gasteiger partial charge in [0.25, 0.3) is 0 Å². The van der Waals surface area contributed by atoms with E-state index in [4.69, 9.17) is 11.6 Å². The molecule has 0 spiro atoms. The summed E-state index contributed by atoms with van der Waals surface area (Å²) < 4.78 is 19.7. The van der Waals surface area contributed by atoms with Gasteiger partial charge in [0.2, 0.25) is 10.0 Å². The average molecular weight is 237 g/mol. The smallest absolute Gasteiger partial charge is 0.226 e. The summed E-state index contributed by atoms with van der Waals surface area (Å²) in [6, 6.07) is 0. The van der Waals surface area contributed by atoms with Crippen LogP contribution in [0.1, 0.15) is 6.42 Å². The molecule has 0 saturated carbocycles. The minimum atomic E-state index is -3.53. The normalized spacial score (nSPS) is 15.4. The molecule has 0 aliphatic rings. The van der Waals surface area contributed by atoms with Crippen LogP contribution in [0.5, 0.6) is 0 Å². The Morgan fingerprint density at radius 1 is 1.67 bits per heavy atom. The predicted octanol–water partition coefficient (Wildman–Crippen LogP) is 0.625. The third kappa shape index (κ3) is 4.13. The van der Waals surface area contributed by atoms with Gasteiger partial charge in [-0.15, -0.1) is 11.6 Å². The number of halogens is 2. The van der Waals surface area contributed by atoms with Crippen molar-refractivity contribution >= 4 is 37.6 Å².